The van der Waals surface area contributed by atoms with Gasteiger partial charge in [0.25, 0.3) is 8.32 Å². The van der Waals surface area contributed by atoms with E-state index < -0.39 is 13.9 Å². The van der Waals surface area contributed by atoms with Crippen LogP contribution in [0, 0.1) is 5.41 Å². The average molecular weight is 495 g/mol. The summed E-state index contributed by atoms with van der Waals surface area (Å²) in [6, 6.07) is 21.6. The van der Waals surface area contributed by atoms with E-state index in [1.54, 1.807) is 6.08 Å². The van der Waals surface area contributed by atoms with Gasteiger partial charge in [-0.25, -0.2) is 0 Å². The van der Waals surface area contributed by atoms with Gasteiger partial charge in [-0.1, -0.05) is 94.4 Å². The van der Waals surface area contributed by atoms with Crippen LogP contribution in [0.3, 0.4) is 0 Å². The Kier molecular flexibility index (Phi) is 7.75. The zero-order valence-corrected chi connectivity index (χ0v) is 22.8. The van der Waals surface area contributed by atoms with Crippen molar-refractivity contribution < 1.29 is 19.0 Å². The molecule has 1 saturated heterocycles. The third-order valence-electron chi connectivity index (χ3n) is 8.08. The summed E-state index contributed by atoms with van der Waals surface area (Å²) in [7, 11) is -2.71. The van der Waals surface area contributed by atoms with Crippen LogP contribution in [0.1, 0.15) is 59.8 Å². The Morgan fingerprint density at radius 2 is 1.57 bits per heavy atom. The maximum absolute atomic E-state index is 11.3. The maximum Gasteiger partial charge on any atom is 0.261 e. The fraction of sp³-hybridized carbons (Fsp3) is 0.533. The summed E-state index contributed by atoms with van der Waals surface area (Å²) in [5.41, 5.74) is -1.12. The Labute approximate surface area is 212 Å². The number of hydrogen-bond acceptors (Lipinski definition) is 4. The van der Waals surface area contributed by atoms with E-state index in [9.17, 15) is 5.11 Å². The van der Waals surface area contributed by atoms with Gasteiger partial charge in [-0.3, -0.25) is 0 Å². The van der Waals surface area contributed by atoms with E-state index in [1.807, 2.05) is 0 Å². The molecule has 2 aromatic rings. The van der Waals surface area contributed by atoms with E-state index >= 15 is 0 Å². The number of hydrogen-bond donors (Lipinski definition) is 1. The molecule has 0 spiro atoms. The van der Waals surface area contributed by atoms with Crippen molar-refractivity contribution in [1.29, 1.82) is 0 Å². The van der Waals surface area contributed by atoms with Crippen molar-refractivity contribution in [3.8, 4) is 0 Å². The summed E-state index contributed by atoms with van der Waals surface area (Å²) in [5, 5.41) is 13.8. The van der Waals surface area contributed by atoms with Crippen molar-refractivity contribution in [2.24, 2.45) is 5.41 Å². The van der Waals surface area contributed by atoms with Gasteiger partial charge in [0.15, 0.2) is 6.29 Å². The Hall–Kier alpha value is -1.76. The first kappa shape index (κ1) is 26.3. The first-order valence-corrected chi connectivity index (χ1v) is 14.9. The third-order valence-corrected chi connectivity index (χ3v) is 13.1. The molecule has 1 aliphatic carbocycles. The summed E-state index contributed by atoms with van der Waals surface area (Å²) in [5.74, 6) is 0. The predicted molar refractivity (Wildman–Crippen MR) is 145 cm³/mol. The Morgan fingerprint density at radius 3 is 2.06 bits per heavy atom. The highest BCUT2D eigenvalue weighted by Crippen LogP contribution is 2.50. The molecule has 0 radical (unpaired) electrons. The summed E-state index contributed by atoms with van der Waals surface area (Å²) in [6.07, 6.45) is 5.28. The van der Waals surface area contributed by atoms with Crippen LogP contribution in [0.5, 0.6) is 0 Å². The molecule has 2 aliphatic rings. The topological polar surface area (TPSA) is 47.9 Å². The van der Waals surface area contributed by atoms with Crippen molar-refractivity contribution in [1.82, 2.24) is 0 Å². The van der Waals surface area contributed by atoms with E-state index in [1.165, 1.54) is 10.4 Å². The minimum Gasteiger partial charge on any atom is -0.404 e. The largest absolute Gasteiger partial charge is 0.404 e. The second-order valence-electron chi connectivity index (χ2n) is 11.7. The van der Waals surface area contributed by atoms with Gasteiger partial charge in [0, 0.05) is 0 Å². The molecule has 0 bridgehead atoms. The SMILES string of the molecule is C=C[C@@]1(O)CC[C@@H](O[Si](c2ccccc2)(c2ccccc2)C(C)(C)C)[C@](C)(CCC2OCCO2)C1. The van der Waals surface area contributed by atoms with Gasteiger partial charge in [0.1, 0.15) is 0 Å². The molecule has 5 heteroatoms. The highest BCUT2D eigenvalue weighted by atomic mass is 28.4. The molecule has 190 valence electrons. The highest BCUT2D eigenvalue weighted by Gasteiger charge is 2.55. The molecule has 4 nitrogen and oxygen atoms in total. The zero-order chi connectivity index (χ0) is 25.2. The molecule has 1 aliphatic heterocycles. The van der Waals surface area contributed by atoms with Gasteiger partial charge in [-0.05, 0) is 52.9 Å². The molecular weight excluding hydrogens is 452 g/mol. The molecular formula is C30H42O4Si. The molecule has 35 heavy (non-hydrogen) atoms. The fourth-order valence-electron chi connectivity index (χ4n) is 6.18. The van der Waals surface area contributed by atoms with Crippen LogP contribution >= 0.6 is 0 Å². The summed E-state index contributed by atoms with van der Waals surface area (Å²) >= 11 is 0. The molecule has 4 rings (SSSR count). The van der Waals surface area contributed by atoms with E-state index in [2.05, 4.69) is 94.9 Å². The van der Waals surface area contributed by atoms with E-state index in [4.69, 9.17) is 13.9 Å². The Balaban J connectivity index is 1.77. The minimum absolute atomic E-state index is 0.00423. The van der Waals surface area contributed by atoms with Gasteiger partial charge in [-0.15, -0.1) is 6.58 Å². The third kappa shape index (κ3) is 5.35. The fourth-order valence-corrected chi connectivity index (χ4v) is 11.0. The average Bonchev–Trinajstić information content (AvgIpc) is 3.37. The lowest BCUT2D eigenvalue weighted by Crippen LogP contribution is -2.69. The van der Waals surface area contributed by atoms with Gasteiger partial charge in [-0.2, -0.15) is 0 Å². The van der Waals surface area contributed by atoms with Crippen LogP contribution in [0.4, 0.5) is 0 Å². The first-order chi connectivity index (χ1) is 16.6. The summed E-state index contributed by atoms with van der Waals surface area (Å²) in [4.78, 5) is 0. The molecule has 2 aromatic carbocycles. The van der Waals surface area contributed by atoms with Crippen molar-refractivity contribution >= 4 is 18.7 Å². The quantitative estimate of drug-likeness (QED) is 0.405. The van der Waals surface area contributed by atoms with Crippen LogP contribution in [0.25, 0.3) is 0 Å². The smallest absolute Gasteiger partial charge is 0.261 e. The van der Waals surface area contributed by atoms with Crippen LogP contribution in [0.15, 0.2) is 73.3 Å². The summed E-state index contributed by atoms with van der Waals surface area (Å²) in [6.45, 7) is 14.5. The van der Waals surface area contributed by atoms with Gasteiger partial charge in [0.2, 0.25) is 0 Å². The standard InChI is InChI=1S/C30H42O4Si/c1-6-30(31)20-17-26(29(5,23-30)19-18-27-32-21-22-33-27)34-35(28(2,3)4,24-13-9-7-10-14-24)25-15-11-8-12-16-25/h6-16,26-27,31H,1,17-23H2,2-5H3/t26-,29-,30-/m1/s1. The van der Waals surface area contributed by atoms with Crippen molar-refractivity contribution in [2.45, 2.75) is 82.8 Å². The molecule has 1 N–H and O–H groups in total. The second kappa shape index (κ2) is 10.3. The zero-order valence-electron chi connectivity index (χ0n) is 21.8. The Bertz CT molecular complexity index is 927. The number of aliphatic hydroxyl groups is 1. The van der Waals surface area contributed by atoms with Crippen molar-refractivity contribution in [2.75, 3.05) is 13.2 Å². The van der Waals surface area contributed by atoms with E-state index in [-0.39, 0.29) is 22.8 Å². The van der Waals surface area contributed by atoms with Crippen molar-refractivity contribution in [3.63, 3.8) is 0 Å². The van der Waals surface area contributed by atoms with Gasteiger partial charge in [0.05, 0.1) is 24.9 Å². The van der Waals surface area contributed by atoms with Crippen molar-refractivity contribution in [3.05, 3.63) is 73.3 Å². The predicted octanol–water partition coefficient (Wildman–Crippen LogP) is 5.19. The lowest BCUT2D eigenvalue weighted by Gasteiger charge is -2.53. The molecule has 0 amide bonds. The van der Waals surface area contributed by atoms with Crippen LogP contribution in [-0.2, 0) is 13.9 Å². The number of rotatable bonds is 8. The molecule has 1 saturated carbocycles. The molecule has 3 atom stereocenters. The Morgan fingerprint density at radius 1 is 1.03 bits per heavy atom. The highest BCUT2D eigenvalue weighted by molar-refractivity contribution is 6.99. The lowest BCUT2D eigenvalue weighted by molar-refractivity contribution is -0.0985. The van der Waals surface area contributed by atoms with E-state index in [0.29, 0.717) is 26.1 Å². The number of benzene rings is 2. The monoisotopic (exact) mass is 494 g/mol. The maximum atomic E-state index is 11.3. The van der Waals surface area contributed by atoms with E-state index in [0.717, 1.165) is 19.3 Å². The summed E-state index contributed by atoms with van der Waals surface area (Å²) < 4.78 is 19.1. The van der Waals surface area contributed by atoms with Crippen LogP contribution in [-0.4, -0.2) is 44.6 Å². The second-order valence-corrected chi connectivity index (χ2v) is 15.9. The molecule has 2 fully saturated rings. The normalized spacial score (nSPS) is 28.2. The minimum atomic E-state index is -2.71. The van der Waals surface area contributed by atoms with Crippen LogP contribution < -0.4 is 10.4 Å². The molecule has 0 unspecified atom stereocenters. The van der Waals surface area contributed by atoms with Crippen LogP contribution in [0.2, 0.25) is 5.04 Å². The lowest BCUT2D eigenvalue weighted by atomic mass is 9.65. The van der Waals surface area contributed by atoms with Gasteiger partial charge >= 0.3 is 0 Å². The first-order valence-electron chi connectivity index (χ1n) is 13.0. The van der Waals surface area contributed by atoms with Gasteiger partial charge < -0.3 is 19.0 Å². The molecule has 0 aromatic heterocycles. The number of ether oxygens (including phenoxy) is 2. The molecule has 1 heterocycles.